The zero-order valence-corrected chi connectivity index (χ0v) is 6.46. The lowest BCUT2D eigenvalue weighted by molar-refractivity contribution is 0.457. The standard InChI is InChI=1S/C6H5F2N5/c7-4-11-5(8)13-6(12-4)10-3-1-2-9/h1,3H2,(H,10,11,12,13). The number of nitriles is 1. The Balaban J connectivity index is 2.62. The lowest BCUT2D eigenvalue weighted by Crippen LogP contribution is -2.08. The molecule has 1 N–H and O–H groups in total. The molecule has 0 saturated heterocycles. The summed E-state index contributed by atoms with van der Waals surface area (Å²) in [6.45, 7) is 0.236. The van der Waals surface area contributed by atoms with Gasteiger partial charge in [-0.25, -0.2) is 0 Å². The zero-order valence-electron chi connectivity index (χ0n) is 6.46. The van der Waals surface area contributed by atoms with Gasteiger partial charge in [0.15, 0.2) is 0 Å². The minimum absolute atomic E-state index is 0.203. The van der Waals surface area contributed by atoms with Crippen LogP contribution in [-0.2, 0) is 0 Å². The number of nitrogens with zero attached hydrogens (tertiary/aromatic N) is 4. The minimum atomic E-state index is -1.19. The van der Waals surface area contributed by atoms with Crippen molar-refractivity contribution in [3.8, 4) is 6.07 Å². The first-order valence-corrected chi connectivity index (χ1v) is 3.40. The van der Waals surface area contributed by atoms with Gasteiger partial charge >= 0.3 is 12.2 Å². The number of halogens is 2. The van der Waals surface area contributed by atoms with E-state index in [0.717, 1.165) is 0 Å². The fourth-order valence-electron chi connectivity index (χ4n) is 0.635. The van der Waals surface area contributed by atoms with Crippen LogP contribution in [0.2, 0.25) is 0 Å². The average molecular weight is 185 g/mol. The quantitative estimate of drug-likeness (QED) is 0.693. The molecule has 13 heavy (non-hydrogen) atoms. The van der Waals surface area contributed by atoms with E-state index in [1.54, 1.807) is 0 Å². The van der Waals surface area contributed by atoms with Gasteiger partial charge in [0.05, 0.1) is 12.5 Å². The summed E-state index contributed by atoms with van der Waals surface area (Å²) in [5.74, 6) is -0.208. The molecule has 0 radical (unpaired) electrons. The monoisotopic (exact) mass is 185 g/mol. The van der Waals surface area contributed by atoms with Gasteiger partial charge in [0.25, 0.3) is 0 Å². The highest BCUT2D eigenvalue weighted by Crippen LogP contribution is 1.98. The third-order valence-corrected chi connectivity index (χ3v) is 1.10. The van der Waals surface area contributed by atoms with E-state index in [-0.39, 0.29) is 18.9 Å². The lowest BCUT2D eigenvalue weighted by Gasteiger charge is -1.99. The summed E-state index contributed by atoms with van der Waals surface area (Å²) in [4.78, 5) is 9.01. The highest BCUT2D eigenvalue weighted by Gasteiger charge is 2.03. The molecule has 0 fully saturated rings. The Kier molecular flexibility index (Phi) is 3.03. The maximum atomic E-state index is 12.3. The van der Waals surface area contributed by atoms with Crippen LogP contribution in [0, 0.1) is 23.5 Å². The summed E-state index contributed by atoms with van der Waals surface area (Å²) < 4.78 is 24.7. The molecule has 0 bridgehead atoms. The second kappa shape index (κ2) is 4.25. The molecule has 0 aliphatic carbocycles. The van der Waals surface area contributed by atoms with Gasteiger partial charge in [-0.05, 0) is 0 Å². The topological polar surface area (TPSA) is 74.5 Å². The number of nitrogens with one attached hydrogen (secondary N) is 1. The fraction of sp³-hybridized carbons (Fsp3) is 0.333. The first kappa shape index (κ1) is 9.25. The predicted molar refractivity (Wildman–Crippen MR) is 38.5 cm³/mol. The van der Waals surface area contributed by atoms with E-state index in [4.69, 9.17) is 5.26 Å². The molecule has 1 aromatic rings. The smallest absolute Gasteiger partial charge is 0.315 e. The second-order valence-corrected chi connectivity index (χ2v) is 2.03. The van der Waals surface area contributed by atoms with E-state index in [2.05, 4.69) is 20.3 Å². The number of anilines is 1. The van der Waals surface area contributed by atoms with Crippen LogP contribution in [0.5, 0.6) is 0 Å². The van der Waals surface area contributed by atoms with Gasteiger partial charge in [-0.2, -0.15) is 29.0 Å². The Morgan fingerprint density at radius 1 is 1.23 bits per heavy atom. The summed E-state index contributed by atoms with van der Waals surface area (Å²) in [6.07, 6.45) is -2.17. The molecule has 0 atom stereocenters. The van der Waals surface area contributed by atoms with E-state index in [1.165, 1.54) is 0 Å². The van der Waals surface area contributed by atoms with Crippen molar-refractivity contribution in [3.63, 3.8) is 0 Å². The maximum absolute atomic E-state index is 12.3. The highest BCUT2D eigenvalue weighted by atomic mass is 19.1. The summed E-state index contributed by atoms with van der Waals surface area (Å²) in [5.41, 5.74) is 0. The lowest BCUT2D eigenvalue weighted by atomic mass is 10.5. The van der Waals surface area contributed by atoms with Crippen LogP contribution in [0.1, 0.15) is 6.42 Å². The van der Waals surface area contributed by atoms with E-state index in [0.29, 0.717) is 0 Å². The third-order valence-electron chi connectivity index (χ3n) is 1.10. The van der Waals surface area contributed by atoms with E-state index in [9.17, 15) is 8.78 Å². The SMILES string of the molecule is N#CCCNc1nc(F)nc(F)n1. The van der Waals surface area contributed by atoms with Crippen LogP contribution in [0.3, 0.4) is 0 Å². The van der Waals surface area contributed by atoms with Crippen LogP contribution >= 0.6 is 0 Å². The van der Waals surface area contributed by atoms with Gasteiger partial charge in [0.1, 0.15) is 0 Å². The second-order valence-electron chi connectivity index (χ2n) is 2.03. The Bertz CT molecular complexity index is 314. The average Bonchev–Trinajstić information content (AvgIpc) is 2.03. The Morgan fingerprint density at radius 3 is 2.38 bits per heavy atom. The summed E-state index contributed by atoms with van der Waals surface area (Å²) in [5, 5.41) is 10.6. The number of hydrogen-bond donors (Lipinski definition) is 1. The van der Waals surface area contributed by atoms with Gasteiger partial charge in [-0.15, -0.1) is 0 Å². The van der Waals surface area contributed by atoms with Gasteiger partial charge in [-0.3, -0.25) is 0 Å². The summed E-state index contributed by atoms with van der Waals surface area (Å²) >= 11 is 0. The zero-order chi connectivity index (χ0) is 9.68. The van der Waals surface area contributed by atoms with Crippen molar-refractivity contribution >= 4 is 5.95 Å². The maximum Gasteiger partial charge on any atom is 0.315 e. The fourth-order valence-corrected chi connectivity index (χ4v) is 0.635. The molecule has 5 nitrogen and oxygen atoms in total. The molecule has 0 aliphatic heterocycles. The van der Waals surface area contributed by atoms with Crippen molar-refractivity contribution in [2.45, 2.75) is 6.42 Å². The molecule has 68 valence electrons. The molecule has 0 aromatic carbocycles. The van der Waals surface area contributed by atoms with Crippen LogP contribution in [0.25, 0.3) is 0 Å². The van der Waals surface area contributed by atoms with Crippen molar-refractivity contribution in [2.75, 3.05) is 11.9 Å². The summed E-state index contributed by atoms with van der Waals surface area (Å²) in [6, 6.07) is 1.85. The third kappa shape index (κ3) is 2.94. The minimum Gasteiger partial charge on any atom is -0.353 e. The Hall–Kier alpha value is -1.84. The molecule has 0 spiro atoms. The van der Waals surface area contributed by atoms with Gasteiger partial charge in [-0.1, -0.05) is 0 Å². The number of hydrogen-bond acceptors (Lipinski definition) is 5. The molecular formula is C6H5F2N5. The molecular weight excluding hydrogens is 180 g/mol. The van der Waals surface area contributed by atoms with Gasteiger partial charge in [0.2, 0.25) is 5.95 Å². The molecule has 1 heterocycles. The Labute approximate surface area is 72.5 Å². The van der Waals surface area contributed by atoms with Crippen LogP contribution < -0.4 is 5.32 Å². The van der Waals surface area contributed by atoms with Crippen molar-refractivity contribution in [1.82, 2.24) is 15.0 Å². The number of rotatable bonds is 3. The molecule has 0 unspecified atom stereocenters. The summed E-state index contributed by atoms with van der Waals surface area (Å²) in [7, 11) is 0. The molecule has 0 amide bonds. The Morgan fingerprint density at radius 2 is 1.85 bits per heavy atom. The van der Waals surface area contributed by atoms with E-state index < -0.39 is 12.2 Å². The molecule has 1 rings (SSSR count). The molecule has 1 aromatic heterocycles. The van der Waals surface area contributed by atoms with Crippen molar-refractivity contribution in [1.29, 1.82) is 5.26 Å². The van der Waals surface area contributed by atoms with Gasteiger partial charge in [0, 0.05) is 6.54 Å². The van der Waals surface area contributed by atoms with Crippen LogP contribution in [0.4, 0.5) is 14.7 Å². The highest BCUT2D eigenvalue weighted by molar-refractivity contribution is 5.21. The van der Waals surface area contributed by atoms with Crippen LogP contribution in [0.15, 0.2) is 0 Å². The first-order valence-electron chi connectivity index (χ1n) is 3.40. The van der Waals surface area contributed by atoms with Crippen LogP contribution in [-0.4, -0.2) is 21.5 Å². The molecule has 7 heteroatoms. The van der Waals surface area contributed by atoms with E-state index in [1.807, 2.05) is 6.07 Å². The van der Waals surface area contributed by atoms with Crippen molar-refractivity contribution in [3.05, 3.63) is 12.2 Å². The largest absolute Gasteiger partial charge is 0.353 e. The predicted octanol–water partition coefficient (Wildman–Crippen LogP) is 0.475. The van der Waals surface area contributed by atoms with Crippen molar-refractivity contribution < 1.29 is 8.78 Å². The number of aromatic nitrogens is 3. The van der Waals surface area contributed by atoms with Gasteiger partial charge < -0.3 is 5.32 Å². The normalized spacial score (nSPS) is 9.31. The van der Waals surface area contributed by atoms with Crippen molar-refractivity contribution in [2.24, 2.45) is 0 Å². The first-order chi connectivity index (χ1) is 6.22. The molecule has 0 saturated carbocycles. The molecule has 0 aliphatic rings. The van der Waals surface area contributed by atoms with E-state index >= 15 is 0 Å².